The van der Waals surface area contributed by atoms with Gasteiger partial charge in [0.15, 0.2) is 11.6 Å². The number of carbonyl (C=O) groups is 2. The maximum absolute atomic E-state index is 12.6. The molecule has 0 aliphatic heterocycles. The number of fused-ring (bicyclic) bond motifs is 2. The van der Waals surface area contributed by atoms with Gasteiger partial charge < -0.3 is 0 Å². The Morgan fingerprint density at radius 2 is 1.94 bits per heavy atom. The average molecular weight is 303 g/mol. The van der Waals surface area contributed by atoms with Crippen LogP contribution >= 0.6 is 15.9 Å². The summed E-state index contributed by atoms with van der Waals surface area (Å²) in [5.74, 6) is -0.326. The number of benzene rings is 1. The van der Waals surface area contributed by atoms with Crippen molar-refractivity contribution >= 4 is 27.5 Å². The molecule has 2 atom stereocenters. The summed E-state index contributed by atoms with van der Waals surface area (Å²) in [5, 5.41) is 0. The highest BCUT2D eigenvalue weighted by atomic mass is 79.9. The van der Waals surface area contributed by atoms with Crippen molar-refractivity contribution in [3.63, 3.8) is 0 Å². The molecular formula is C15H11BrO2. The Labute approximate surface area is 114 Å². The summed E-state index contributed by atoms with van der Waals surface area (Å²) >= 11 is 3.35. The molecule has 0 bridgehead atoms. The highest BCUT2D eigenvalue weighted by Gasteiger charge is 2.48. The van der Waals surface area contributed by atoms with Gasteiger partial charge in [-0.05, 0) is 25.1 Å². The summed E-state index contributed by atoms with van der Waals surface area (Å²) in [4.78, 5) is 25.1. The molecule has 90 valence electrons. The lowest BCUT2D eigenvalue weighted by atomic mass is 9.62. The zero-order chi connectivity index (χ0) is 12.9. The molecule has 0 amide bonds. The van der Waals surface area contributed by atoms with Crippen LogP contribution in [-0.2, 0) is 0 Å². The Hall–Kier alpha value is -1.48. The van der Waals surface area contributed by atoms with Crippen LogP contribution in [0.4, 0.5) is 0 Å². The number of allylic oxidation sites excluding steroid dienone is 4. The van der Waals surface area contributed by atoms with Crippen molar-refractivity contribution in [3.8, 4) is 0 Å². The Bertz CT molecular complexity index is 627. The molecule has 3 heteroatoms. The average Bonchev–Trinajstić information content (AvgIpc) is 2.36. The molecule has 2 nitrogen and oxygen atoms in total. The van der Waals surface area contributed by atoms with E-state index >= 15 is 0 Å². The van der Waals surface area contributed by atoms with Crippen LogP contribution in [0.3, 0.4) is 0 Å². The van der Waals surface area contributed by atoms with Crippen LogP contribution in [0, 0.1) is 11.3 Å². The van der Waals surface area contributed by atoms with Gasteiger partial charge in [0.1, 0.15) is 0 Å². The van der Waals surface area contributed by atoms with Crippen LogP contribution in [0.25, 0.3) is 0 Å². The highest BCUT2D eigenvalue weighted by Crippen LogP contribution is 2.43. The third kappa shape index (κ3) is 1.40. The summed E-state index contributed by atoms with van der Waals surface area (Å²) in [6.45, 7) is 1.84. The van der Waals surface area contributed by atoms with Crippen molar-refractivity contribution in [2.45, 2.75) is 6.92 Å². The minimum absolute atomic E-state index is 0.0176. The van der Waals surface area contributed by atoms with Gasteiger partial charge in [-0.2, -0.15) is 0 Å². The van der Waals surface area contributed by atoms with Gasteiger partial charge in [0.25, 0.3) is 0 Å². The maximum Gasteiger partial charge on any atom is 0.174 e. The van der Waals surface area contributed by atoms with Crippen molar-refractivity contribution in [3.05, 3.63) is 58.1 Å². The lowest BCUT2D eigenvalue weighted by Gasteiger charge is -2.37. The molecule has 2 aliphatic carbocycles. The van der Waals surface area contributed by atoms with Crippen molar-refractivity contribution in [1.82, 2.24) is 0 Å². The minimum Gasteiger partial charge on any atom is -0.293 e. The van der Waals surface area contributed by atoms with Gasteiger partial charge in [-0.15, -0.1) is 0 Å². The first-order valence-electron chi connectivity index (χ1n) is 5.78. The Morgan fingerprint density at radius 1 is 1.17 bits per heavy atom. The van der Waals surface area contributed by atoms with Gasteiger partial charge in [0, 0.05) is 15.6 Å². The fourth-order valence-electron chi connectivity index (χ4n) is 2.69. The van der Waals surface area contributed by atoms with E-state index in [1.807, 2.05) is 31.2 Å². The molecule has 0 N–H and O–H groups in total. The van der Waals surface area contributed by atoms with E-state index in [1.165, 1.54) is 0 Å². The number of rotatable bonds is 0. The van der Waals surface area contributed by atoms with Crippen LogP contribution in [0.1, 0.15) is 27.6 Å². The van der Waals surface area contributed by atoms with E-state index in [0.717, 1.165) is 4.47 Å². The van der Waals surface area contributed by atoms with Gasteiger partial charge in [-0.1, -0.05) is 40.2 Å². The smallest absolute Gasteiger partial charge is 0.174 e. The summed E-state index contributed by atoms with van der Waals surface area (Å²) in [7, 11) is 0. The maximum atomic E-state index is 12.6. The molecule has 0 saturated carbocycles. The molecule has 0 spiro atoms. The molecule has 2 unspecified atom stereocenters. The SMILES string of the molecule is CC12C=CC=CC1C(=O)c1ccc(Br)cc1C2=O. The molecule has 0 heterocycles. The zero-order valence-corrected chi connectivity index (χ0v) is 11.4. The first-order chi connectivity index (χ1) is 8.54. The molecule has 1 aromatic carbocycles. The van der Waals surface area contributed by atoms with E-state index in [0.29, 0.717) is 11.1 Å². The third-order valence-corrected chi connectivity index (χ3v) is 4.26. The number of ketones is 2. The second kappa shape index (κ2) is 3.75. The Morgan fingerprint density at radius 3 is 2.72 bits per heavy atom. The molecule has 0 aromatic heterocycles. The third-order valence-electron chi connectivity index (χ3n) is 3.77. The summed E-state index contributed by atoms with van der Waals surface area (Å²) in [6.07, 6.45) is 7.33. The van der Waals surface area contributed by atoms with E-state index in [9.17, 15) is 9.59 Å². The van der Waals surface area contributed by atoms with Gasteiger partial charge in [-0.3, -0.25) is 9.59 Å². The van der Waals surface area contributed by atoms with Crippen molar-refractivity contribution < 1.29 is 9.59 Å². The van der Waals surface area contributed by atoms with E-state index in [2.05, 4.69) is 15.9 Å². The van der Waals surface area contributed by atoms with E-state index < -0.39 is 5.41 Å². The van der Waals surface area contributed by atoms with Gasteiger partial charge >= 0.3 is 0 Å². The fourth-order valence-corrected chi connectivity index (χ4v) is 3.05. The second-order valence-electron chi connectivity index (χ2n) is 4.89. The first-order valence-corrected chi connectivity index (χ1v) is 6.58. The molecular weight excluding hydrogens is 292 g/mol. The largest absolute Gasteiger partial charge is 0.293 e. The number of hydrogen-bond donors (Lipinski definition) is 0. The second-order valence-corrected chi connectivity index (χ2v) is 5.80. The first kappa shape index (κ1) is 11.6. The van der Waals surface area contributed by atoms with E-state index in [-0.39, 0.29) is 17.5 Å². The van der Waals surface area contributed by atoms with Crippen molar-refractivity contribution in [2.75, 3.05) is 0 Å². The summed E-state index contributed by atoms with van der Waals surface area (Å²) in [5.41, 5.74) is 0.318. The van der Waals surface area contributed by atoms with Gasteiger partial charge in [0.2, 0.25) is 0 Å². The number of hydrogen-bond acceptors (Lipinski definition) is 2. The topological polar surface area (TPSA) is 34.1 Å². The fraction of sp³-hybridized carbons (Fsp3) is 0.200. The Kier molecular flexibility index (Phi) is 2.42. The van der Waals surface area contributed by atoms with Gasteiger partial charge in [-0.25, -0.2) is 0 Å². The standard InChI is InChI=1S/C15H11BrO2/c1-15-7-3-2-4-12(15)13(17)10-6-5-9(16)8-11(10)14(15)18/h2-8,12H,1H3. The molecule has 0 saturated heterocycles. The molecule has 0 fully saturated rings. The zero-order valence-electron chi connectivity index (χ0n) is 9.81. The predicted octanol–water partition coefficient (Wildman–Crippen LogP) is 3.58. The van der Waals surface area contributed by atoms with Crippen LogP contribution in [-0.4, -0.2) is 11.6 Å². The number of Topliss-reactive ketones (excluding diaryl/α,β-unsaturated/α-hetero) is 2. The van der Waals surface area contributed by atoms with Crippen molar-refractivity contribution in [2.24, 2.45) is 11.3 Å². The van der Waals surface area contributed by atoms with Gasteiger partial charge in [0.05, 0.1) is 11.3 Å². The number of carbonyl (C=O) groups excluding carboxylic acids is 2. The minimum atomic E-state index is -0.736. The van der Waals surface area contributed by atoms with Crippen LogP contribution in [0.2, 0.25) is 0 Å². The molecule has 18 heavy (non-hydrogen) atoms. The molecule has 3 rings (SSSR count). The van der Waals surface area contributed by atoms with Crippen LogP contribution in [0.5, 0.6) is 0 Å². The molecule has 2 aliphatic rings. The highest BCUT2D eigenvalue weighted by molar-refractivity contribution is 9.10. The summed E-state index contributed by atoms with van der Waals surface area (Å²) in [6, 6.07) is 5.27. The lowest BCUT2D eigenvalue weighted by molar-refractivity contribution is 0.0702. The number of halogens is 1. The quantitative estimate of drug-likeness (QED) is 0.734. The van der Waals surface area contributed by atoms with E-state index in [4.69, 9.17) is 0 Å². The summed E-state index contributed by atoms with van der Waals surface area (Å²) < 4.78 is 0.819. The monoisotopic (exact) mass is 302 g/mol. The lowest BCUT2D eigenvalue weighted by Crippen LogP contribution is -2.43. The molecule has 0 radical (unpaired) electrons. The molecule has 1 aromatic rings. The van der Waals surface area contributed by atoms with Crippen LogP contribution in [0.15, 0.2) is 47.0 Å². The normalized spacial score (nSPS) is 29.1. The predicted molar refractivity (Wildman–Crippen MR) is 72.7 cm³/mol. The van der Waals surface area contributed by atoms with E-state index in [1.54, 1.807) is 18.2 Å². The Balaban J connectivity index is 2.28. The van der Waals surface area contributed by atoms with Crippen molar-refractivity contribution in [1.29, 1.82) is 0 Å². The van der Waals surface area contributed by atoms with Crippen LogP contribution < -0.4 is 0 Å².